The molecular formula is C27H49NO8. The molecule has 0 amide bonds. The van der Waals surface area contributed by atoms with Crippen LogP contribution in [0.1, 0.15) is 96.4 Å². The zero-order valence-electron chi connectivity index (χ0n) is 24.6. The summed E-state index contributed by atoms with van der Waals surface area (Å²) in [5, 5.41) is 0. The Morgan fingerprint density at radius 3 is 1.44 bits per heavy atom. The quantitative estimate of drug-likeness (QED) is 0.324. The van der Waals surface area contributed by atoms with Crippen LogP contribution in [0.15, 0.2) is 0 Å². The van der Waals surface area contributed by atoms with Gasteiger partial charge in [0.1, 0.15) is 0 Å². The molecule has 0 fully saturated rings. The van der Waals surface area contributed by atoms with Crippen LogP contribution in [0.25, 0.3) is 0 Å². The molecule has 4 atom stereocenters. The van der Waals surface area contributed by atoms with E-state index in [-0.39, 0.29) is 18.1 Å². The van der Waals surface area contributed by atoms with E-state index in [4.69, 9.17) is 24.7 Å². The van der Waals surface area contributed by atoms with Crippen molar-refractivity contribution in [1.82, 2.24) is 0 Å². The lowest BCUT2D eigenvalue weighted by Gasteiger charge is -2.42. The molecule has 0 unspecified atom stereocenters. The summed E-state index contributed by atoms with van der Waals surface area (Å²) >= 11 is 0. The van der Waals surface area contributed by atoms with Gasteiger partial charge in [-0.05, 0) is 75.7 Å². The van der Waals surface area contributed by atoms with Gasteiger partial charge in [-0.25, -0.2) is 9.59 Å². The molecule has 2 N–H and O–H groups in total. The molecule has 36 heavy (non-hydrogen) atoms. The van der Waals surface area contributed by atoms with Gasteiger partial charge >= 0.3 is 11.9 Å². The van der Waals surface area contributed by atoms with Crippen LogP contribution >= 0.6 is 0 Å². The molecule has 9 nitrogen and oxygen atoms in total. The maximum atomic E-state index is 13.3. The van der Waals surface area contributed by atoms with Crippen molar-refractivity contribution in [2.75, 3.05) is 6.54 Å². The fraction of sp³-hybridized carbons (Fsp3) is 0.852. The molecule has 0 aliphatic rings. The predicted molar refractivity (Wildman–Crippen MR) is 137 cm³/mol. The fourth-order valence-corrected chi connectivity index (χ4v) is 3.35. The molecule has 0 bridgehead atoms. The first-order valence-corrected chi connectivity index (χ1v) is 12.6. The number of ketones is 2. The summed E-state index contributed by atoms with van der Waals surface area (Å²) in [5.74, 6) is -2.04. The highest BCUT2D eigenvalue weighted by Gasteiger charge is 2.48. The van der Waals surface area contributed by atoms with Crippen LogP contribution in [-0.2, 0) is 38.1 Å². The number of nitrogens with two attached hydrogens (primary N) is 1. The van der Waals surface area contributed by atoms with E-state index in [0.717, 1.165) is 0 Å². The van der Waals surface area contributed by atoms with E-state index in [2.05, 4.69) is 0 Å². The van der Waals surface area contributed by atoms with Gasteiger partial charge < -0.3 is 24.7 Å². The number of rotatable bonds is 15. The first kappa shape index (κ1) is 34.2. The minimum Gasteiger partial charge on any atom is -0.453 e. The molecule has 9 heteroatoms. The van der Waals surface area contributed by atoms with Crippen molar-refractivity contribution in [1.29, 1.82) is 0 Å². The largest absolute Gasteiger partial charge is 0.453 e. The maximum Gasteiger partial charge on any atom is 0.335 e. The number of carbonyl (C=O) groups excluding carboxylic acids is 4. The van der Waals surface area contributed by atoms with Gasteiger partial charge in [-0.1, -0.05) is 20.8 Å². The number of Topliss-reactive ketones (excluding diaryl/α,β-unsaturated/α-hetero) is 2. The molecule has 0 saturated carbocycles. The lowest BCUT2D eigenvalue weighted by molar-refractivity contribution is -0.191. The van der Waals surface area contributed by atoms with Crippen LogP contribution in [-0.4, -0.2) is 65.7 Å². The second kappa shape index (κ2) is 12.6. The smallest absolute Gasteiger partial charge is 0.335 e. The molecule has 0 radical (unpaired) electrons. The minimum atomic E-state index is -1.16. The van der Waals surface area contributed by atoms with Crippen LogP contribution in [0.2, 0.25) is 0 Å². The Morgan fingerprint density at radius 1 is 0.667 bits per heavy atom. The normalized spacial score (nSPS) is 16.5. The minimum absolute atomic E-state index is 0.118. The third-order valence-corrected chi connectivity index (χ3v) is 7.11. The topological polar surface area (TPSA) is 131 Å². The van der Waals surface area contributed by atoms with Crippen molar-refractivity contribution >= 4 is 23.5 Å². The molecule has 0 aromatic heterocycles. The van der Waals surface area contributed by atoms with E-state index in [1.165, 1.54) is 20.8 Å². The summed E-state index contributed by atoms with van der Waals surface area (Å²) in [6, 6.07) is 0. The highest BCUT2D eigenvalue weighted by atomic mass is 16.6. The van der Waals surface area contributed by atoms with Gasteiger partial charge in [0.15, 0.2) is 36.0 Å². The van der Waals surface area contributed by atoms with Crippen LogP contribution in [0, 0.1) is 10.8 Å². The Hall–Kier alpha value is -1.84. The summed E-state index contributed by atoms with van der Waals surface area (Å²) in [7, 11) is 0. The van der Waals surface area contributed by atoms with Crippen molar-refractivity contribution < 1.29 is 38.1 Å². The molecule has 0 heterocycles. The van der Waals surface area contributed by atoms with E-state index >= 15 is 0 Å². The third kappa shape index (κ3) is 8.92. The lowest BCUT2D eigenvalue weighted by Crippen LogP contribution is -2.53. The second-order valence-electron chi connectivity index (χ2n) is 11.7. The first-order chi connectivity index (χ1) is 16.1. The number of hydrogen-bond acceptors (Lipinski definition) is 9. The molecule has 0 aromatic rings. The van der Waals surface area contributed by atoms with Crippen molar-refractivity contribution in [3.63, 3.8) is 0 Å². The number of hydrogen-bond donors (Lipinski definition) is 1. The molecule has 0 spiro atoms. The molecule has 0 aromatic carbocycles. The van der Waals surface area contributed by atoms with E-state index in [0.29, 0.717) is 6.42 Å². The summed E-state index contributed by atoms with van der Waals surface area (Å²) in [4.78, 5) is 51.0. The predicted octanol–water partition coefficient (Wildman–Crippen LogP) is 3.78. The summed E-state index contributed by atoms with van der Waals surface area (Å²) in [5.41, 5.74) is 1.99. The molecule has 0 aliphatic carbocycles. The first-order valence-electron chi connectivity index (χ1n) is 12.6. The van der Waals surface area contributed by atoms with Crippen molar-refractivity contribution in [3.05, 3.63) is 0 Å². The average molecular weight is 516 g/mol. The van der Waals surface area contributed by atoms with E-state index in [9.17, 15) is 19.2 Å². The number of esters is 2. The summed E-state index contributed by atoms with van der Waals surface area (Å²) in [6.45, 7) is 21.9. The van der Waals surface area contributed by atoms with Crippen LogP contribution in [0.3, 0.4) is 0 Å². The molecule has 0 aliphatic heterocycles. The van der Waals surface area contributed by atoms with Gasteiger partial charge in [0.25, 0.3) is 0 Å². The van der Waals surface area contributed by atoms with Crippen molar-refractivity contribution in [2.45, 2.75) is 132 Å². The van der Waals surface area contributed by atoms with Gasteiger partial charge in [-0.3, -0.25) is 9.59 Å². The zero-order chi connectivity index (χ0) is 28.9. The van der Waals surface area contributed by atoms with Gasteiger partial charge in [0, 0.05) is 12.0 Å². The van der Waals surface area contributed by atoms with Crippen LogP contribution < -0.4 is 5.73 Å². The Bertz CT molecular complexity index is 800. The summed E-state index contributed by atoms with van der Waals surface area (Å²) in [6.07, 6.45) is -3.27. The van der Waals surface area contributed by atoms with Crippen LogP contribution in [0.4, 0.5) is 0 Å². The van der Waals surface area contributed by atoms with Gasteiger partial charge in [-0.2, -0.15) is 0 Å². The monoisotopic (exact) mass is 515 g/mol. The zero-order valence-corrected chi connectivity index (χ0v) is 24.6. The Labute approximate surface area is 217 Å². The van der Waals surface area contributed by atoms with Gasteiger partial charge in [-0.15, -0.1) is 0 Å². The molecule has 210 valence electrons. The van der Waals surface area contributed by atoms with Gasteiger partial charge in [0.05, 0.1) is 16.6 Å². The number of ether oxygens (including phenoxy) is 4. The Kier molecular flexibility index (Phi) is 12.0. The Morgan fingerprint density at radius 2 is 1.06 bits per heavy atom. The molecule has 0 saturated heterocycles. The lowest BCUT2D eigenvalue weighted by atomic mass is 9.72. The van der Waals surface area contributed by atoms with E-state index in [1.807, 2.05) is 20.8 Å². The average Bonchev–Trinajstić information content (AvgIpc) is 2.76. The third-order valence-electron chi connectivity index (χ3n) is 7.11. The van der Waals surface area contributed by atoms with E-state index < -0.39 is 58.4 Å². The second-order valence-corrected chi connectivity index (χ2v) is 11.7. The fourth-order valence-electron chi connectivity index (χ4n) is 3.35. The maximum absolute atomic E-state index is 13.3. The highest BCUT2D eigenvalue weighted by Crippen LogP contribution is 2.37. The summed E-state index contributed by atoms with van der Waals surface area (Å²) < 4.78 is 22.4. The van der Waals surface area contributed by atoms with E-state index in [1.54, 1.807) is 48.5 Å². The SMILES string of the molecule is CCC(C)(C)O[C@@H](C)C(=O)O[C@@H](C)C(=O)C(C)(C)C(C)(C)O[C@H](C)C(=O)O[C@H](C)C(=O)C(C)(C)CN. The number of carbonyl (C=O) groups is 4. The van der Waals surface area contributed by atoms with Crippen molar-refractivity contribution in [3.8, 4) is 0 Å². The Balaban J connectivity index is 5.31. The van der Waals surface area contributed by atoms with Gasteiger partial charge in [0.2, 0.25) is 0 Å². The molecule has 0 rings (SSSR count). The standard InChI is InChI=1S/C27H49NO8/c1-14-25(8,9)35-18(4)22(31)34-17(3)21(30)26(10,11)27(12,13)36-19(5)23(32)33-16(2)20(29)24(6,7)15-28/h16-19H,14-15,28H2,1-13H3/t16-,17+,18+,19-/m1/s1. The molecular weight excluding hydrogens is 466 g/mol. The van der Waals surface area contributed by atoms with Crippen molar-refractivity contribution in [2.24, 2.45) is 16.6 Å². The highest BCUT2D eigenvalue weighted by molar-refractivity contribution is 5.91. The van der Waals surface area contributed by atoms with Crippen LogP contribution in [0.5, 0.6) is 0 Å².